The summed E-state index contributed by atoms with van der Waals surface area (Å²) in [5, 5.41) is 1.32. The molecule has 0 aliphatic rings. The largest absolute Gasteiger partial charge is 0.804 e. The lowest BCUT2D eigenvalue weighted by molar-refractivity contribution is 0.355. The lowest BCUT2D eigenvalue weighted by Crippen LogP contribution is -1.70. The van der Waals surface area contributed by atoms with Crippen LogP contribution in [-0.4, -0.2) is 10.7 Å². The molecule has 0 fully saturated rings. The highest BCUT2D eigenvalue weighted by Gasteiger charge is 2.16. The molecule has 0 saturated heterocycles. The molecule has 0 aliphatic heterocycles. The van der Waals surface area contributed by atoms with Gasteiger partial charge in [0, 0.05) is 15.2 Å². The number of alkyl halides is 2. The van der Waals surface area contributed by atoms with Gasteiger partial charge in [-0.1, -0.05) is 31.9 Å². The van der Waals surface area contributed by atoms with E-state index in [1.165, 1.54) is 12.5 Å². The zero-order valence-electron chi connectivity index (χ0n) is 6.15. The average Bonchev–Trinajstić information content (AvgIpc) is 2.06. The fourth-order valence-electron chi connectivity index (χ4n) is 0.283. The van der Waals surface area contributed by atoms with E-state index >= 15 is 0 Å². The molecule has 12 heavy (non-hydrogen) atoms. The fourth-order valence-corrected chi connectivity index (χ4v) is 1.01. The van der Waals surface area contributed by atoms with Crippen molar-refractivity contribution in [3.05, 3.63) is 24.7 Å². The summed E-state index contributed by atoms with van der Waals surface area (Å²) in [5.41, 5.74) is 0. The highest BCUT2D eigenvalue weighted by atomic mass is 79.9. The molecule has 0 saturated carbocycles. The van der Waals surface area contributed by atoms with E-state index in [9.17, 15) is 4.57 Å². The Morgan fingerprint density at radius 2 is 1.50 bits per heavy atom. The van der Waals surface area contributed by atoms with Crippen LogP contribution in [0.3, 0.4) is 0 Å². The third-order valence-corrected chi connectivity index (χ3v) is 2.00. The van der Waals surface area contributed by atoms with Crippen LogP contribution in [0.2, 0.25) is 0 Å². The standard InChI is InChI=1S/C6H8Br2O3P/c7-3-1-5-10-12(9)11-6-2-4-8/h1-2,5-6H,3-4H2/q+1/b5-1+,6-2+. The maximum Gasteiger partial charge on any atom is 0.804 e. The second-order valence-electron chi connectivity index (χ2n) is 1.49. The van der Waals surface area contributed by atoms with E-state index < -0.39 is 8.25 Å². The first-order valence-corrected chi connectivity index (χ1v) is 6.38. The summed E-state index contributed by atoms with van der Waals surface area (Å²) in [7, 11) is -2.07. The van der Waals surface area contributed by atoms with E-state index in [1.54, 1.807) is 12.2 Å². The number of hydrogen-bond acceptors (Lipinski definition) is 3. The highest BCUT2D eigenvalue weighted by Crippen LogP contribution is 2.24. The molecule has 0 aromatic carbocycles. The van der Waals surface area contributed by atoms with Crippen LogP contribution in [-0.2, 0) is 13.6 Å². The van der Waals surface area contributed by atoms with E-state index in [0.29, 0.717) is 10.7 Å². The first kappa shape index (κ1) is 12.1. The summed E-state index contributed by atoms with van der Waals surface area (Å²) in [4.78, 5) is 0. The Kier molecular flexibility index (Phi) is 9.34. The van der Waals surface area contributed by atoms with Crippen LogP contribution in [0.5, 0.6) is 0 Å². The molecule has 0 atom stereocenters. The van der Waals surface area contributed by atoms with Gasteiger partial charge in [-0.15, -0.1) is 0 Å². The van der Waals surface area contributed by atoms with Crippen molar-refractivity contribution in [2.24, 2.45) is 0 Å². The SMILES string of the molecule is O=[P+](O/C=C/CBr)O/C=C/CBr. The lowest BCUT2D eigenvalue weighted by atomic mass is 10.7. The molecule has 0 bridgehead atoms. The van der Waals surface area contributed by atoms with Crippen molar-refractivity contribution in [3.63, 3.8) is 0 Å². The maximum atomic E-state index is 10.8. The Morgan fingerprint density at radius 1 is 1.08 bits per heavy atom. The molecular formula is C6H8Br2O3P+. The van der Waals surface area contributed by atoms with Gasteiger partial charge in [0.05, 0.1) is 0 Å². The Balaban J connectivity index is 3.46. The molecule has 0 aromatic heterocycles. The van der Waals surface area contributed by atoms with Gasteiger partial charge in [0.25, 0.3) is 0 Å². The van der Waals surface area contributed by atoms with Crippen LogP contribution in [0, 0.1) is 0 Å². The Hall–Kier alpha value is 0.140. The summed E-state index contributed by atoms with van der Waals surface area (Å²) in [5.74, 6) is 0. The number of hydrogen-bond donors (Lipinski definition) is 0. The zero-order chi connectivity index (χ0) is 9.23. The average molecular weight is 319 g/mol. The predicted octanol–water partition coefficient (Wildman–Crippen LogP) is 3.49. The summed E-state index contributed by atoms with van der Waals surface area (Å²) < 4.78 is 20.0. The van der Waals surface area contributed by atoms with Crippen LogP contribution in [0.1, 0.15) is 0 Å². The molecule has 3 nitrogen and oxygen atoms in total. The van der Waals surface area contributed by atoms with Crippen molar-refractivity contribution in [1.82, 2.24) is 0 Å². The molecule has 6 heteroatoms. The molecule has 0 heterocycles. The second kappa shape index (κ2) is 9.23. The van der Waals surface area contributed by atoms with Crippen molar-refractivity contribution in [1.29, 1.82) is 0 Å². The summed E-state index contributed by atoms with van der Waals surface area (Å²) in [6, 6.07) is 0. The molecule has 0 radical (unpaired) electrons. The maximum absolute atomic E-state index is 10.8. The topological polar surface area (TPSA) is 35.5 Å². The molecule has 0 amide bonds. The Morgan fingerprint density at radius 3 is 1.83 bits per heavy atom. The Labute approximate surface area is 89.0 Å². The molecule has 0 spiro atoms. The molecule has 0 aromatic rings. The second-order valence-corrected chi connectivity index (χ2v) is 3.65. The minimum Gasteiger partial charge on any atom is -0.231 e. The third kappa shape index (κ3) is 8.24. The highest BCUT2D eigenvalue weighted by molar-refractivity contribution is 9.09. The van der Waals surface area contributed by atoms with Crippen LogP contribution in [0.25, 0.3) is 0 Å². The van der Waals surface area contributed by atoms with Gasteiger partial charge in [0.15, 0.2) is 12.5 Å². The smallest absolute Gasteiger partial charge is 0.231 e. The van der Waals surface area contributed by atoms with E-state index in [4.69, 9.17) is 0 Å². The van der Waals surface area contributed by atoms with Gasteiger partial charge in [-0.2, -0.15) is 0 Å². The van der Waals surface area contributed by atoms with Gasteiger partial charge in [0.2, 0.25) is 0 Å². The molecular weight excluding hydrogens is 311 g/mol. The van der Waals surface area contributed by atoms with Crippen molar-refractivity contribution in [3.8, 4) is 0 Å². The Bertz CT molecular complexity index is 164. The van der Waals surface area contributed by atoms with Crippen LogP contribution < -0.4 is 0 Å². The van der Waals surface area contributed by atoms with Gasteiger partial charge in [-0.05, 0) is 12.2 Å². The first-order valence-electron chi connectivity index (χ1n) is 3.04. The van der Waals surface area contributed by atoms with Crippen LogP contribution >= 0.6 is 40.1 Å². The molecule has 0 unspecified atom stereocenters. The third-order valence-electron chi connectivity index (χ3n) is 0.664. The summed E-state index contributed by atoms with van der Waals surface area (Å²) in [6.07, 6.45) is 6.00. The summed E-state index contributed by atoms with van der Waals surface area (Å²) in [6.45, 7) is 0. The minimum atomic E-state index is -2.07. The fraction of sp³-hybridized carbons (Fsp3) is 0.333. The molecule has 0 rings (SSSR count). The lowest BCUT2D eigenvalue weighted by Gasteiger charge is -1.79. The molecule has 68 valence electrons. The minimum absolute atomic E-state index is 0.660. The quantitative estimate of drug-likeness (QED) is 0.427. The normalized spacial score (nSPS) is 10.8. The van der Waals surface area contributed by atoms with Crippen LogP contribution in [0.4, 0.5) is 0 Å². The van der Waals surface area contributed by atoms with E-state index in [0.717, 1.165) is 0 Å². The molecule has 0 aliphatic carbocycles. The van der Waals surface area contributed by atoms with Gasteiger partial charge >= 0.3 is 8.25 Å². The van der Waals surface area contributed by atoms with Gasteiger partial charge in [-0.25, -0.2) is 9.05 Å². The predicted molar refractivity (Wildman–Crippen MR) is 55.6 cm³/mol. The first-order chi connectivity index (χ1) is 5.81. The van der Waals surface area contributed by atoms with Crippen molar-refractivity contribution >= 4 is 40.1 Å². The van der Waals surface area contributed by atoms with Gasteiger partial charge in [0.1, 0.15) is 0 Å². The van der Waals surface area contributed by atoms with Crippen LogP contribution in [0.15, 0.2) is 24.7 Å². The van der Waals surface area contributed by atoms with E-state index in [1.807, 2.05) is 0 Å². The molecule has 0 N–H and O–H groups in total. The number of halogens is 2. The van der Waals surface area contributed by atoms with Gasteiger partial charge < -0.3 is 0 Å². The van der Waals surface area contributed by atoms with E-state index in [2.05, 4.69) is 40.9 Å². The van der Waals surface area contributed by atoms with Crippen molar-refractivity contribution in [2.45, 2.75) is 0 Å². The van der Waals surface area contributed by atoms with Crippen molar-refractivity contribution in [2.75, 3.05) is 10.7 Å². The number of allylic oxidation sites excluding steroid dienone is 2. The van der Waals surface area contributed by atoms with Crippen molar-refractivity contribution < 1.29 is 13.6 Å². The zero-order valence-corrected chi connectivity index (χ0v) is 10.2. The summed E-state index contributed by atoms with van der Waals surface area (Å²) >= 11 is 6.28. The number of rotatable bonds is 6. The van der Waals surface area contributed by atoms with Gasteiger partial charge in [-0.3, -0.25) is 0 Å². The monoisotopic (exact) mass is 317 g/mol. The van der Waals surface area contributed by atoms with E-state index in [-0.39, 0.29) is 0 Å².